The van der Waals surface area contributed by atoms with Gasteiger partial charge in [-0.15, -0.1) is 0 Å². The van der Waals surface area contributed by atoms with E-state index in [0.717, 1.165) is 31.6 Å². The van der Waals surface area contributed by atoms with Gasteiger partial charge in [-0.05, 0) is 31.4 Å². The van der Waals surface area contributed by atoms with Gasteiger partial charge in [0.25, 0.3) is 0 Å². The summed E-state index contributed by atoms with van der Waals surface area (Å²) in [6.45, 7) is 8.68. The van der Waals surface area contributed by atoms with Crippen LogP contribution in [0.4, 0.5) is 4.39 Å². The topological polar surface area (TPSA) is 21.3 Å². The number of hydrogen-bond acceptors (Lipinski definition) is 2. The molecule has 0 aliphatic rings. The van der Waals surface area contributed by atoms with Gasteiger partial charge in [0.15, 0.2) is 0 Å². The molecule has 1 rings (SSSR count). The first-order valence-electron chi connectivity index (χ1n) is 7.20. The molecular formula is C16H26FNO. The largest absolute Gasteiger partial charge is 0.381 e. The van der Waals surface area contributed by atoms with Crippen molar-refractivity contribution in [2.24, 2.45) is 5.92 Å². The zero-order valence-electron chi connectivity index (χ0n) is 12.3. The van der Waals surface area contributed by atoms with E-state index < -0.39 is 0 Å². The van der Waals surface area contributed by atoms with Gasteiger partial charge >= 0.3 is 0 Å². The van der Waals surface area contributed by atoms with Crippen LogP contribution >= 0.6 is 0 Å². The fourth-order valence-corrected chi connectivity index (χ4v) is 1.99. The summed E-state index contributed by atoms with van der Waals surface area (Å²) >= 11 is 0. The van der Waals surface area contributed by atoms with E-state index in [1.165, 1.54) is 6.07 Å². The molecule has 0 bridgehead atoms. The molecule has 0 aliphatic heterocycles. The van der Waals surface area contributed by atoms with Gasteiger partial charge in [0.2, 0.25) is 0 Å². The van der Waals surface area contributed by atoms with Crippen molar-refractivity contribution in [1.29, 1.82) is 0 Å². The second kappa shape index (κ2) is 9.05. The monoisotopic (exact) mass is 267 g/mol. The minimum absolute atomic E-state index is 0.0326. The van der Waals surface area contributed by atoms with Crippen LogP contribution in [0, 0.1) is 11.7 Å². The van der Waals surface area contributed by atoms with Crippen LogP contribution < -0.4 is 5.32 Å². The molecular weight excluding hydrogens is 241 g/mol. The SMILES string of the molecule is CCNC(CCOCCC(C)C)c1ccccc1F. The molecule has 3 heteroatoms. The third kappa shape index (κ3) is 6.17. The van der Waals surface area contributed by atoms with Crippen molar-refractivity contribution in [3.63, 3.8) is 0 Å². The number of benzene rings is 1. The number of hydrogen-bond donors (Lipinski definition) is 1. The van der Waals surface area contributed by atoms with Crippen LogP contribution in [0.1, 0.15) is 45.2 Å². The van der Waals surface area contributed by atoms with Gasteiger partial charge in [-0.25, -0.2) is 4.39 Å². The van der Waals surface area contributed by atoms with Gasteiger partial charge in [0, 0.05) is 24.8 Å². The Morgan fingerprint density at radius 1 is 1.16 bits per heavy atom. The minimum Gasteiger partial charge on any atom is -0.381 e. The van der Waals surface area contributed by atoms with Gasteiger partial charge < -0.3 is 10.1 Å². The second-order valence-corrected chi connectivity index (χ2v) is 5.22. The van der Waals surface area contributed by atoms with E-state index in [1.807, 2.05) is 19.1 Å². The number of ether oxygens (including phenoxy) is 1. The Bertz CT molecular complexity index is 354. The van der Waals surface area contributed by atoms with Crippen LogP contribution in [0.3, 0.4) is 0 Å². The molecule has 0 saturated heterocycles. The Labute approximate surface area is 116 Å². The Balaban J connectivity index is 2.43. The standard InChI is InChI=1S/C16H26FNO/c1-4-18-16(10-12-19-11-9-13(2)3)14-7-5-6-8-15(14)17/h5-8,13,16,18H,4,9-12H2,1-3H3. The molecule has 2 nitrogen and oxygen atoms in total. The molecule has 0 aromatic heterocycles. The first kappa shape index (κ1) is 16.1. The highest BCUT2D eigenvalue weighted by atomic mass is 19.1. The van der Waals surface area contributed by atoms with Crippen LogP contribution in [0.15, 0.2) is 24.3 Å². The van der Waals surface area contributed by atoms with Crippen molar-refractivity contribution in [3.8, 4) is 0 Å². The molecule has 0 aliphatic carbocycles. The van der Waals surface area contributed by atoms with E-state index in [1.54, 1.807) is 6.07 Å². The van der Waals surface area contributed by atoms with Crippen molar-refractivity contribution in [2.75, 3.05) is 19.8 Å². The Kier molecular flexibility index (Phi) is 7.68. The molecule has 1 unspecified atom stereocenters. The highest BCUT2D eigenvalue weighted by Gasteiger charge is 2.13. The van der Waals surface area contributed by atoms with E-state index in [0.29, 0.717) is 12.5 Å². The Hall–Kier alpha value is -0.930. The summed E-state index contributed by atoms with van der Waals surface area (Å²) in [5, 5.41) is 3.32. The molecule has 108 valence electrons. The Morgan fingerprint density at radius 3 is 2.47 bits per heavy atom. The van der Waals surface area contributed by atoms with Gasteiger partial charge in [-0.3, -0.25) is 0 Å². The average Bonchev–Trinajstić information content (AvgIpc) is 2.37. The maximum atomic E-state index is 13.8. The smallest absolute Gasteiger partial charge is 0.127 e. The molecule has 0 amide bonds. The lowest BCUT2D eigenvalue weighted by Crippen LogP contribution is -2.23. The van der Waals surface area contributed by atoms with Crippen molar-refractivity contribution in [1.82, 2.24) is 5.32 Å². The molecule has 0 spiro atoms. The van der Waals surface area contributed by atoms with Crippen molar-refractivity contribution in [2.45, 2.75) is 39.7 Å². The fourth-order valence-electron chi connectivity index (χ4n) is 1.99. The zero-order chi connectivity index (χ0) is 14.1. The van der Waals surface area contributed by atoms with E-state index in [4.69, 9.17) is 4.74 Å². The molecule has 1 aromatic rings. The van der Waals surface area contributed by atoms with Crippen LogP contribution in [0.5, 0.6) is 0 Å². The molecule has 0 saturated carbocycles. The van der Waals surface area contributed by atoms with Crippen molar-refractivity contribution in [3.05, 3.63) is 35.6 Å². The second-order valence-electron chi connectivity index (χ2n) is 5.22. The Morgan fingerprint density at radius 2 is 1.84 bits per heavy atom. The summed E-state index contributed by atoms with van der Waals surface area (Å²) < 4.78 is 19.4. The lowest BCUT2D eigenvalue weighted by Gasteiger charge is -2.19. The van der Waals surface area contributed by atoms with Gasteiger partial charge in [-0.2, -0.15) is 0 Å². The van der Waals surface area contributed by atoms with Crippen LogP contribution in [0.2, 0.25) is 0 Å². The van der Waals surface area contributed by atoms with Gasteiger partial charge in [0.05, 0.1) is 0 Å². The molecule has 0 radical (unpaired) electrons. The van der Waals surface area contributed by atoms with Gasteiger partial charge in [0.1, 0.15) is 5.82 Å². The maximum Gasteiger partial charge on any atom is 0.127 e. The zero-order valence-corrected chi connectivity index (χ0v) is 12.3. The summed E-state index contributed by atoms with van der Waals surface area (Å²) in [4.78, 5) is 0. The average molecular weight is 267 g/mol. The first-order chi connectivity index (χ1) is 9.15. The summed E-state index contributed by atoms with van der Waals surface area (Å²) in [5.74, 6) is 0.520. The predicted octanol–water partition coefficient (Wildman–Crippen LogP) is 3.93. The van der Waals surface area contributed by atoms with E-state index >= 15 is 0 Å². The van der Waals surface area contributed by atoms with Crippen LogP contribution in [-0.2, 0) is 4.74 Å². The maximum absolute atomic E-state index is 13.8. The minimum atomic E-state index is -0.143. The lowest BCUT2D eigenvalue weighted by molar-refractivity contribution is 0.114. The number of nitrogens with one attached hydrogen (secondary N) is 1. The first-order valence-corrected chi connectivity index (χ1v) is 7.20. The number of rotatable bonds is 9. The summed E-state index contributed by atoms with van der Waals surface area (Å²) in [6.07, 6.45) is 1.87. The quantitative estimate of drug-likeness (QED) is 0.684. The summed E-state index contributed by atoms with van der Waals surface area (Å²) in [7, 11) is 0. The molecule has 0 fully saturated rings. The third-order valence-corrected chi connectivity index (χ3v) is 3.12. The van der Waals surface area contributed by atoms with Crippen LogP contribution in [-0.4, -0.2) is 19.8 Å². The molecule has 1 N–H and O–H groups in total. The van der Waals surface area contributed by atoms with E-state index in [-0.39, 0.29) is 11.9 Å². The molecule has 1 atom stereocenters. The summed E-state index contributed by atoms with van der Waals surface area (Å²) in [6, 6.07) is 6.99. The van der Waals surface area contributed by atoms with Crippen molar-refractivity contribution < 1.29 is 9.13 Å². The van der Waals surface area contributed by atoms with Gasteiger partial charge in [-0.1, -0.05) is 39.0 Å². The van der Waals surface area contributed by atoms with Crippen molar-refractivity contribution >= 4 is 0 Å². The third-order valence-electron chi connectivity index (χ3n) is 3.12. The van der Waals surface area contributed by atoms with E-state index in [9.17, 15) is 4.39 Å². The molecule has 19 heavy (non-hydrogen) atoms. The highest BCUT2D eigenvalue weighted by Crippen LogP contribution is 2.20. The summed E-state index contributed by atoms with van der Waals surface area (Å²) in [5.41, 5.74) is 0.733. The molecule has 0 heterocycles. The number of halogens is 1. The lowest BCUT2D eigenvalue weighted by atomic mass is 10.0. The van der Waals surface area contributed by atoms with E-state index in [2.05, 4.69) is 19.2 Å². The molecule has 1 aromatic carbocycles. The predicted molar refractivity (Wildman–Crippen MR) is 77.7 cm³/mol. The highest BCUT2D eigenvalue weighted by molar-refractivity contribution is 5.21. The fraction of sp³-hybridized carbons (Fsp3) is 0.625. The normalized spacial score (nSPS) is 12.9. The van der Waals surface area contributed by atoms with Crippen LogP contribution in [0.25, 0.3) is 0 Å².